The second-order valence-electron chi connectivity index (χ2n) is 7.76. The van der Waals surface area contributed by atoms with Crippen LogP contribution in [0.15, 0.2) is 12.4 Å². The summed E-state index contributed by atoms with van der Waals surface area (Å²) >= 11 is 0. The number of piperidine rings is 1. The zero-order chi connectivity index (χ0) is 16.8. The molecule has 1 aromatic heterocycles. The Hall–Kier alpha value is -0.870. The van der Waals surface area contributed by atoms with E-state index in [0.717, 1.165) is 0 Å². The van der Waals surface area contributed by atoms with Gasteiger partial charge in [-0.2, -0.15) is 5.10 Å². The van der Waals surface area contributed by atoms with E-state index in [0.29, 0.717) is 18.0 Å². The van der Waals surface area contributed by atoms with Crippen LogP contribution in [0.3, 0.4) is 0 Å². The fraction of sp³-hybridized carbons (Fsp3) is 0.842. The second kappa shape index (κ2) is 8.84. The zero-order valence-corrected chi connectivity index (χ0v) is 15.8. The summed E-state index contributed by atoms with van der Waals surface area (Å²) in [5.41, 5.74) is 1.36. The van der Waals surface area contributed by atoms with Crippen LogP contribution < -0.4 is 0 Å². The summed E-state index contributed by atoms with van der Waals surface area (Å²) in [6.07, 6.45) is 9.41. The van der Waals surface area contributed by atoms with E-state index < -0.39 is 0 Å². The van der Waals surface area contributed by atoms with Gasteiger partial charge in [0.25, 0.3) is 0 Å². The lowest BCUT2D eigenvalue weighted by molar-refractivity contribution is 0.173. The van der Waals surface area contributed by atoms with Gasteiger partial charge >= 0.3 is 0 Å². The third kappa shape index (κ3) is 5.61. The standard InChI is InChI=1S/C19H36N4/c1-16(2)18-14-20-23(15-18)19-8-12-22(13-9-19)11-7-6-10-21(5)17(3)4/h14-17,19H,6-13H2,1-5H3. The molecule has 0 spiro atoms. The monoisotopic (exact) mass is 320 g/mol. The van der Waals surface area contributed by atoms with E-state index in [9.17, 15) is 0 Å². The molecular weight excluding hydrogens is 284 g/mol. The van der Waals surface area contributed by atoms with Crippen molar-refractivity contribution in [1.29, 1.82) is 0 Å². The highest BCUT2D eigenvalue weighted by atomic mass is 15.3. The molecule has 0 amide bonds. The molecule has 0 aromatic carbocycles. The van der Waals surface area contributed by atoms with E-state index in [1.807, 2.05) is 6.20 Å². The smallest absolute Gasteiger partial charge is 0.0543 e. The first-order chi connectivity index (χ1) is 11.0. The Morgan fingerprint density at radius 1 is 1.17 bits per heavy atom. The summed E-state index contributed by atoms with van der Waals surface area (Å²) < 4.78 is 2.21. The molecule has 4 nitrogen and oxygen atoms in total. The van der Waals surface area contributed by atoms with Crippen molar-refractivity contribution < 1.29 is 0 Å². The largest absolute Gasteiger partial charge is 0.304 e. The molecule has 0 bridgehead atoms. The molecule has 1 aromatic rings. The summed E-state index contributed by atoms with van der Waals surface area (Å²) in [5.74, 6) is 0.577. The van der Waals surface area contributed by atoms with E-state index in [4.69, 9.17) is 0 Å². The molecule has 1 aliphatic heterocycles. The van der Waals surface area contributed by atoms with Gasteiger partial charge < -0.3 is 9.80 Å². The third-order valence-corrected chi connectivity index (χ3v) is 5.34. The van der Waals surface area contributed by atoms with Crippen molar-refractivity contribution in [3.05, 3.63) is 18.0 Å². The van der Waals surface area contributed by atoms with Gasteiger partial charge in [-0.3, -0.25) is 4.68 Å². The van der Waals surface area contributed by atoms with Crippen molar-refractivity contribution in [3.8, 4) is 0 Å². The third-order valence-electron chi connectivity index (χ3n) is 5.34. The molecule has 1 saturated heterocycles. The number of hydrogen-bond acceptors (Lipinski definition) is 3. The van der Waals surface area contributed by atoms with Crippen LogP contribution in [0.25, 0.3) is 0 Å². The maximum atomic E-state index is 4.59. The summed E-state index contributed by atoms with van der Waals surface area (Å²) in [4.78, 5) is 5.08. The first-order valence-corrected chi connectivity index (χ1v) is 9.44. The van der Waals surface area contributed by atoms with Crippen molar-refractivity contribution in [2.75, 3.05) is 33.2 Å². The number of aromatic nitrogens is 2. The highest BCUT2D eigenvalue weighted by Crippen LogP contribution is 2.24. The topological polar surface area (TPSA) is 24.3 Å². The molecule has 2 rings (SSSR count). The van der Waals surface area contributed by atoms with E-state index in [2.05, 4.69) is 60.5 Å². The summed E-state index contributed by atoms with van der Waals surface area (Å²) in [6.45, 7) is 13.9. The molecule has 23 heavy (non-hydrogen) atoms. The van der Waals surface area contributed by atoms with Gasteiger partial charge in [-0.05, 0) is 71.1 Å². The molecular formula is C19H36N4. The Kier molecular flexibility index (Phi) is 7.09. The van der Waals surface area contributed by atoms with Gasteiger partial charge in [-0.1, -0.05) is 13.8 Å². The maximum absolute atomic E-state index is 4.59. The Labute approximate surface area is 142 Å². The van der Waals surface area contributed by atoms with Crippen molar-refractivity contribution in [2.24, 2.45) is 0 Å². The fourth-order valence-corrected chi connectivity index (χ4v) is 3.21. The van der Waals surface area contributed by atoms with Gasteiger partial charge in [0, 0.05) is 25.3 Å². The quantitative estimate of drug-likeness (QED) is 0.682. The Bertz CT molecular complexity index is 444. The SMILES string of the molecule is CC(C)c1cnn(C2CCN(CCCCN(C)C(C)C)CC2)c1. The Morgan fingerprint density at radius 2 is 1.87 bits per heavy atom. The average molecular weight is 321 g/mol. The van der Waals surface area contributed by atoms with Crippen LogP contribution in [0.1, 0.15) is 70.9 Å². The second-order valence-corrected chi connectivity index (χ2v) is 7.76. The Morgan fingerprint density at radius 3 is 2.43 bits per heavy atom. The zero-order valence-electron chi connectivity index (χ0n) is 15.8. The van der Waals surface area contributed by atoms with Gasteiger partial charge in [0.05, 0.1) is 12.2 Å². The number of nitrogens with zero attached hydrogens (tertiary/aromatic N) is 4. The molecule has 132 valence electrons. The normalized spacial score (nSPS) is 17.7. The van der Waals surface area contributed by atoms with Crippen molar-refractivity contribution in [3.63, 3.8) is 0 Å². The summed E-state index contributed by atoms with van der Waals surface area (Å²) in [7, 11) is 2.23. The fourth-order valence-electron chi connectivity index (χ4n) is 3.21. The van der Waals surface area contributed by atoms with Crippen LogP contribution in [0.2, 0.25) is 0 Å². The Balaban J connectivity index is 1.65. The van der Waals surface area contributed by atoms with E-state index in [-0.39, 0.29) is 0 Å². The van der Waals surface area contributed by atoms with E-state index in [1.165, 1.54) is 57.4 Å². The molecule has 0 unspecified atom stereocenters. The molecule has 0 saturated carbocycles. The molecule has 0 aliphatic carbocycles. The number of unbranched alkanes of at least 4 members (excludes halogenated alkanes) is 1. The van der Waals surface area contributed by atoms with Crippen LogP contribution >= 0.6 is 0 Å². The van der Waals surface area contributed by atoms with Gasteiger partial charge in [0.15, 0.2) is 0 Å². The highest BCUT2D eigenvalue weighted by molar-refractivity contribution is 5.09. The lowest BCUT2D eigenvalue weighted by Crippen LogP contribution is -2.36. The van der Waals surface area contributed by atoms with Crippen LogP contribution in [-0.2, 0) is 0 Å². The molecule has 4 heteroatoms. The number of hydrogen-bond donors (Lipinski definition) is 0. The predicted octanol–water partition coefficient (Wildman–Crippen LogP) is 3.76. The van der Waals surface area contributed by atoms with Crippen molar-refractivity contribution in [2.45, 2.75) is 71.4 Å². The highest BCUT2D eigenvalue weighted by Gasteiger charge is 2.21. The molecule has 0 N–H and O–H groups in total. The molecule has 0 radical (unpaired) electrons. The number of likely N-dealkylation sites (tertiary alicyclic amines) is 1. The van der Waals surface area contributed by atoms with Gasteiger partial charge in [0.2, 0.25) is 0 Å². The van der Waals surface area contributed by atoms with Gasteiger partial charge in [0.1, 0.15) is 0 Å². The van der Waals surface area contributed by atoms with Gasteiger partial charge in [-0.15, -0.1) is 0 Å². The van der Waals surface area contributed by atoms with Crippen LogP contribution in [0.5, 0.6) is 0 Å². The summed E-state index contributed by atoms with van der Waals surface area (Å²) in [5, 5.41) is 4.59. The summed E-state index contributed by atoms with van der Waals surface area (Å²) in [6, 6.07) is 1.27. The lowest BCUT2D eigenvalue weighted by Gasteiger charge is -2.32. The maximum Gasteiger partial charge on any atom is 0.0543 e. The van der Waals surface area contributed by atoms with Gasteiger partial charge in [-0.25, -0.2) is 0 Å². The predicted molar refractivity (Wildman–Crippen MR) is 98.0 cm³/mol. The minimum Gasteiger partial charge on any atom is -0.304 e. The number of rotatable bonds is 8. The first-order valence-electron chi connectivity index (χ1n) is 9.44. The van der Waals surface area contributed by atoms with E-state index >= 15 is 0 Å². The van der Waals surface area contributed by atoms with Crippen LogP contribution in [-0.4, -0.2) is 58.8 Å². The van der Waals surface area contributed by atoms with Crippen LogP contribution in [0, 0.1) is 0 Å². The lowest BCUT2D eigenvalue weighted by atomic mass is 10.0. The molecule has 0 atom stereocenters. The van der Waals surface area contributed by atoms with Crippen molar-refractivity contribution in [1.82, 2.24) is 19.6 Å². The minimum atomic E-state index is 0.577. The molecule has 1 aliphatic rings. The molecule has 2 heterocycles. The molecule has 1 fully saturated rings. The van der Waals surface area contributed by atoms with E-state index in [1.54, 1.807) is 0 Å². The average Bonchev–Trinajstić information content (AvgIpc) is 3.02. The van der Waals surface area contributed by atoms with Crippen molar-refractivity contribution >= 4 is 0 Å². The first kappa shape index (κ1) is 18.5. The van der Waals surface area contributed by atoms with Crippen LogP contribution in [0.4, 0.5) is 0 Å². The minimum absolute atomic E-state index is 0.577.